The van der Waals surface area contributed by atoms with E-state index in [1.807, 2.05) is 0 Å². The third-order valence-corrected chi connectivity index (χ3v) is 4.87. The fourth-order valence-corrected chi connectivity index (χ4v) is 3.19. The van der Waals surface area contributed by atoms with Gasteiger partial charge < -0.3 is 35.0 Å². The molecule has 0 unspecified atom stereocenters. The Kier molecular flexibility index (Phi) is 6.58. The molecule has 9 nitrogen and oxygen atoms in total. The number of benzene rings is 1. The van der Waals surface area contributed by atoms with Crippen LogP contribution in [0.25, 0.3) is 22.2 Å². The lowest BCUT2D eigenvalue weighted by Gasteiger charge is -2.26. The van der Waals surface area contributed by atoms with E-state index in [1.54, 1.807) is 43.5 Å². The van der Waals surface area contributed by atoms with Crippen molar-refractivity contribution in [1.82, 2.24) is 4.98 Å². The highest BCUT2D eigenvalue weighted by atomic mass is 16.4. The third kappa shape index (κ3) is 4.24. The largest absolute Gasteiger partial charge is 0.422 e. The number of aromatic nitrogens is 1. The highest BCUT2D eigenvalue weighted by molar-refractivity contribution is 5.88. The van der Waals surface area contributed by atoms with Crippen molar-refractivity contribution < 1.29 is 29.6 Å². The van der Waals surface area contributed by atoms with E-state index < -0.39 is 36.6 Å². The van der Waals surface area contributed by atoms with Crippen LogP contribution in [-0.2, 0) is 4.79 Å². The van der Waals surface area contributed by atoms with E-state index in [1.165, 1.54) is 6.07 Å². The number of carbonyl (C=O) groups excluding carboxylic acids is 1. The fourth-order valence-electron chi connectivity index (χ4n) is 3.19. The summed E-state index contributed by atoms with van der Waals surface area (Å²) in [5.74, 6) is 0. The molecule has 0 aliphatic heterocycles. The summed E-state index contributed by atoms with van der Waals surface area (Å²) in [7, 11) is 0. The maximum absolute atomic E-state index is 12.5. The lowest BCUT2D eigenvalue weighted by Crippen LogP contribution is -2.49. The monoisotopic (exact) mass is 414 g/mol. The van der Waals surface area contributed by atoms with E-state index in [2.05, 4.69) is 10.3 Å². The topological polar surface area (TPSA) is 153 Å². The molecule has 30 heavy (non-hydrogen) atoms. The van der Waals surface area contributed by atoms with E-state index >= 15 is 0 Å². The Balaban J connectivity index is 1.94. The molecule has 0 spiro atoms. The molecule has 0 aliphatic rings. The maximum Gasteiger partial charge on any atom is 0.346 e. The minimum Gasteiger partial charge on any atom is -0.422 e. The van der Waals surface area contributed by atoms with E-state index in [-0.39, 0.29) is 5.58 Å². The van der Waals surface area contributed by atoms with Crippen molar-refractivity contribution in [2.45, 2.75) is 31.3 Å². The Morgan fingerprint density at radius 2 is 1.93 bits per heavy atom. The van der Waals surface area contributed by atoms with Crippen molar-refractivity contribution in [3.8, 4) is 11.3 Å². The van der Waals surface area contributed by atoms with Crippen LogP contribution in [0.1, 0.15) is 5.56 Å². The first-order valence-electron chi connectivity index (χ1n) is 9.23. The Morgan fingerprint density at radius 1 is 1.17 bits per heavy atom. The summed E-state index contributed by atoms with van der Waals surface area (Å²) in [6.45, 7) is 1.00. The minimum absolute atomic E-state index is 0.261. The number of carbonyl (C=O) groups is 1. The van der Waals surface area contributed by atoms with Crippen molar-refractivity contribution in [3.05, 3.63) is 58.6 Å². The number of nitrogens with one attached hydrogen (secondary N) is 1. The number of pyridine rings is 1. The maximum atomic E-state index is 12.5. The van der Waals surface area contributed by atoms with Gasteiger partial charge in [-0.05, 0) is 36.8 Å². The number of anilines is 1. The lowest BCUT2D eigenvalue weighted by molar-refractivity contribution is -0.117. The predicted molar refractivity (Wildman–Crippen MR) is 109 cm³/mol. The number of aliphatic hydroxyl groups is 4. The van der Waals surface area contributed by atoms with Crippen molar-refractivity contribution in [1.29, 1.82) is 0 Å². The van der Waals surface area contributed by atoms with Crippen LogP contribution in [0.4, 0.5) is 5.69 Å². The highest BCUT2D eigenvalue weighted by Gasteiger charge is 2.31. The van der Waals surface area contributed by atoms with Gasteiger partial charge in [0.05, 0.1) is 17.9 Å². The Bertz CT molecular complexity index is 1080. The van der Waals surface area contributed by atoms with Gasteiger partial charge in [0, 0.05) is 23.3 Å². The third-order valence-electron chi connectivity index (χ3n) is 4.87. The number of aryl methyl sites for hydroxylation is 1. The number of hydrogen-bond acceptors (Lipinski definition) is 9. The zero-order chi connectivity index (χ0) is 21.8. The molecular formula is C21H22N2O7. The van der Waals surface area contributed by atoms with Gasteiger partial charge in [-0.25, -0.2) is 4.79 Å². The van der Waals surface area contributed by atoms with E-state index in [4.69, 9.17) is 9.52 Å². The molecule has 9 heteroatoms. The van der Waals surface area contributed by atoms with Gasteiger partial charge in [0.2, 0.25) is 0 Å². The molecule has 1 aromatic carbocycles. The zero-order valence-corrected chi connectivity index (χ0v) is 16.1. The van der Waals surface area contributed by atoms with Gasteiger partial charge in [-0.3, -0.25) is 4.98 Å². The van der Waals surface area contributed by atoms with Crippen molar-refractivity contribution in [3.63, 3.8) is 0 Å². The number of aldehydes is 1. The number of fused-ring (bicyclic) bond motifs is 1. The summed E-state index contributed by atoms with van der Waals surface area (Å²) in [6, 6.07) is 8.75. The van der Waals surface area contributed by atoms with E-state index in [9.17, 15) is 24.9 Å². The minimum atomic E-state index is -1.74. The molecule has 2 aromatic heterocycles. The lowest BCUT2D eigenvalue weighted by atomic mass is 10.0. The molecule has 0 fully saturated rings. The average molecular weight is 414 g/mol. The molecule has 0 amide bonds. The Hall–Kier alpha value is -3.11. The molecule has 158 valence electrons. The fraction of sp³-hybridized carbons (Fsp3) is 0.286. The summed E-state index contributed by atoms with van der Waals surface area (Å²) in [5.41, 5.74) is 1.57. The standard InChI is InChI=1S/C21H22N2O7/c1-11-13-6-5-12(23-15(9-24)19(27)20(28)16(26)10-25)8-17(13)30-21(29)18(11)14-4-2-3-7-22-14/h2-9,15-16,19-20,23,25-28H,10H2,1H3/t15-,16+,19+,20+/m1/s1. The molecule has 2 heterocycles. The summed E-state index contributed by atoms with van der Waals surface area (Å²) in [6.07, 6.45) is -3.07. The van der Waals surface area contributed by atoms with Crippen LogP contribution in [0, 0.1) is 6.92 Å². The smallest absolute Gasteiger partial charge is 0.346 e. The number of nitrogens with zero attached hydrogens (tertiary/aromatic N) is 1. The van der Waals surface area contributed by atoms with Gasteiger partial charge >= 0.3 is 5.63 Å². The summed E-state index contributed by atoms with van der Waals surface area (Å²) >= 11 is 0. The van der Waals surface area contributed by atoms with Crippen molar-refractivity contribution in [2.24, 2.45) is 0 Å². The van der Waals surface area contributed by atoms with Crippen LogP contribution >= 0.6 is 0 Å². The van der Waals surface area contributed by atoms with Crippen molar-refractivity contribution in [2.75, 3.05) is 11.9 Å². The molecule has 0 aliphatic carbocycles. The number of rotatable bonds is 8. The second-order valence-electron chi connectivity index (χ2n) is 6.85. The normalized spacial score (nSPS) is 15.4. The average Bonchev–Trinajstić information content (AvgIpc) is 2.76. The first-order valence-corrected chi connectivity index (χ1v) is 9.23. The van der Waals surface area contributed by atoms with Crippen LogP contribution in [0.15, 0.2) is 51.8 Å². The summed E-state index contributed by atoms with van der Waals surface area (Å²) in [4.78, 5) is 28.1. The second kappa shape index (κ2) is 9.14. The summed E-state index contributed by atoms with van der Waals surface area (Å²) in [5, 5.41) is 41.7. The number of hydrogen-bond donors (Lipinski definition) is 5. The van der Waals surface area contributed by atoms with Crippen LogP contribution in [0.5, 0.6) is 0 Å². The molecule has 4 atom stereocenters. The van der Waals surface area contributed by atoms with Gasteiger partial charge in [0.15, 0.2) is 0 Å². The molecule has 0 saturated heterocycles. The van der Waals surface area contributed by atoms with Crippen LogP contribution in [-0.4, -0.2) is 62.7 Å². The van der Waals surface area contributed by atoms with Crippen LogP contribution in [0.3, 0.4) is 0 Å². The van der Waals surface area contributed by atoms with Crippen LogP contribution in [0.2, 0.25) is 0 Å². The van der Waals surface area contributed by atoms with Crippen molar-refractivity contribution >= 4 is 22.9 Å². The second-order valence-corrected chi connectivity index (χ2v) is 6.85. The van der Waals surface area contributed by atoms with E-state index in [0.717, 1.165) is 0 Å². The first kappa shape index (κ1) is 21.6. The van der Waals surface area contributed by atoms with E-state index in [0.29, 0.717) is 34.2 Å². The van der Waals surface area contributed by atoms with Gasteiger partial charge in [0.1, 0.15) is 36.2 Å². The molecule has 0 saturated carbocycles. The van der Waals surface area contributed by atoms with Gasteiger partial charge in [0.25, 0.3) is 0 Å². The van der Waals surface area contributed by atoms with Gasteiger partial charge in [-0.15, -0.1) is 0 Å². The molecule has 0 radical (unpaired) electrons. The predicted octanol–water partition coefficient (Wildman–Crippen LogP) is 0.218. The molecule has 3 aromatic rings. The zero-order valence-electron chi connectivity index (χ0n) is 16.1. The Labute approximate surface area is 171 Å². The first-order chi connectivity index (χ1) is 14.4. The molecule has 5 N–H and O–H groups in total. The summed E-state index contributed by atoms with van der Waals surface area (Å²) < 4.78 is 5.44. The highest BCUT2D eigenvalue weighted by Crippen LogP contribution is 2.27. The Morgan fingerprint density at radius 3 is 2.57 bits per heavy atom. The molecule has 3 rings (SSSR count). The van der Waals surface area contributed by atoms with Crippen LogP contribution < -0.4 is 10.9 Å². The SMILES string of the molecule is Cc1c(-c2ccccn2)c(=O)oc2cc(N[C@H](C=O)[C@H](O)[C@@H](O)[C@@H](O)CO)ccc12. The number of aliphatic hydroxyl groups excluding tert-OH is 4. The quantitative estimate of drug-likeness (QED) is 0.257. The molecular weight excluding hydrogens is 392 g/mol. The van der Waals surface area contributed by atoms with Gasteiger partial charge in [-0.2, -0.15) is 0 Å². The van der Waals surface area contributed by atoms with Gasteiger partial charge in [-0.1, -0.05) is 6.07 Å². The molecule has 0 bridgehead atoms.